The van der Waals surface area contributed by atoms with Gasteiger partial charge in [0.2, 0.25) is 0 Å². The lowest BCUT2D eigenvalue weighted by Crippen LogP contribution is -2.46. The van der Waals surface area contributed by atoms with Crippen LogP contribution in [0, 0.1) is 6.92 Å². The maximum absolute atomic E-state index is 12.7. The number of nitrogens with one attached hydrogen (secondary N) is 1. The van der Waals surface area contributed by atoms with Crippen molar-refractivity contribution in [2.75, 3.05) is 25.5 Å². The standard InChI is InChI=1S/C15H19N5O3/c1-9-7-20(8-12(22-9)14-18-10(2)19-23-14)15(21)11-4-5-13(16-3)17-6-11/h4-6,9,12H,7-8H2,1-3H3,(H,16,17)/t9-,12-/m1/s1. The van der Waals surface area contributed by atoms with Crippen LogP contribution in [0.1, 0.15) is 35.1 Å². The summed E-state index contributed by atoms with van der Waals surface area (Å²) in [5, 5.41) is 6.70. The van der Waals surface area contributed by atoms with Crippen LogP contribution < -0.4 is 5.32 Å². The molecular formula is C15H19N5O3. The van der Waals surface area contributed by atoms with Gasteiger partial charge in [-0.3, -0.25) is 4.79 Å². The molecule has 2 atom stereocenters. The highest BCUT2D eigenvalue weighted by Gasteiger charge is 2.33. The second-order valence-corrected chi connectivity index (χ2v) is 5.51. The highest BCUT2D eigenvalue weighted by atomic mass is 16.5. The van der Waals surface area contributed by atoms with Gasteiger partial charge in [0, 0.05) is 19.8 Å². The number of aromatic nitrogens is 3. The normalized spacial score (nSPS) is 21.3. The number of ether oxygens (including phenoxy) is 1. The Labute approximate surface area is 133 Å². The molecule has 0 radical (unpaired) electrons. The van der Waals surface area contributed by atoms with Crippen molar-refractivity contribution >= 4 is 11.7 Å². The van der Waals surface area contributed by atoms with Crippen molar-refractivity contribution in [3.05, 3.63) is 35.6 Å². The lowest BCUT2D eigenvalue weighted by atomic mass is 10.1. The number of morpholine rings is 1. The Bertz CT molecular complexity index is 685. The molecule has 1 aliphatic rings. The van der Waals surface area contributed by atoms with Crippen molar-refractivity contribution < 1.29 is 14.1 Å². The number of hydrogen-bond acceptors (Lipinski definition) is 7. The van der Waals surface area contributed by atoms with Crippen LogP contribution >= 0.6 is 0 Å². The molecule has 3 heterocycles. The lowest BCUT2D eigenvalue weighted by Gasteiger charge is -2.35. The van der Waals surface area contributed by atoms with Crippen LogP contribution in [-0.2, 0) is 4.74 Å². The molecule has 0 spiro atoms. The van der Waals surface area contributed by atoms with Crippen molar-refractivity contribution in [1.82, 2.24) is 20.0 Å². The minimum Gasteiger partial charge on any atom is -0.373 e. The molecule has 1 aliphatic heterocycles. The lowest BCUT2D eigenvalue weighted by molar-refractivity contribution is -0.0810. The molecule has 0 unspecified atom stereocenters. The second-order valence-electron chi connectivity index (χ2n) is 5.51. The first-order chi connectivity index (χ1) is 11.1. The van der Waals surface area contributed by atoms with Gasteiger partial charge in [0.1, 0.15) is 5.82 Å². The van der Waals surface area contributed by atoms with Crippen LogP contribution in [-0.4, -0.2) is 52.2 Å². The number of hydrogen-bond donors (Lipinski definition) is 1. The third-order valence-electron chi connectivity index (χ3n) is 3.63. The van der Waals surface area contributed by atoms with E-state index in [9.17, 15) is 4.79 Å². The molecule has 3 rings (SSSR count). The molecule has 1 fully saturated rings. The van der Waals surface area contributed by atoms with Gasteiger partial charge in [0.05, 0.1) is 18.2 Å². The van der Waals surface area contributed by atoms with Gasteiger partial charge in [-0.25, -0.2) is 4.98 Å². The van der Waals surface area contributed by atoms with Crippen LogP contribution in [0.3, 0.4) is 0 Å². The van der Waals surface area contributed by atoms with Crippen molar-refractivity contribution in [3.8, 4) is 0 Å². The van der Waals surface area contributed by atoms with Crippen molar-refractivity contribution in [2.24, 2.45) is 0 Å². The quantitative estimate of drug-likeness (QED) is 0.915. The number of carbonyl (C=O) groups excluding carboxylic acids is 1. The minimum absolute atomic E-state index is 0.0865. The zero-order chi connectivity index (χ0) is 16.4. The van der Waals surface area contributed by atoms with Gasteiger partial charge >= 0.3 is 0 Å². The van der Waals surface area contributed by atoms with Gasteiger partial charge in [-0.1, -0.05) is 5.16 Å². The van der Waals surface area contributed by atoms with E-state index in [1.807, 2.05) is 6.92 Å². The first kappa shape index (κ1) is 15.4. The van der Waals surface area contributed by atoms with Crippen LogP contribution in [0.5, 0.6) is 0 Å². The molecule has 2 aromatic heterocycles. The highest BCUT2D eigenvalue weighted by molar-refractivity contribution is 5.94. The van der Waals surface area contributed by atoms with E-state index < -0.39 is 6.10 Å². The van der Waals surface area contributed by atoms with Gasteiger partial charge < -0.3 is 19.5 Å². The van der Waals surface area contributed by atoms with Crippen molar-refractivity contribution in [3.63, 3.8) is 0 Å². The fourth-order valence-electron chi connectivity index (χ4n) is 2.55. The van der Waals surface area contributed by atoms with E-state index in [1.165, 1.54) is 0 Å². The number of carbonyl (C=O) groups is 1. The minimum atomic E-state index is -0.409. The maximum atomic E-state index is 12.7. The Kier molecular flexibility index (Phi) is 4.24. The molecule has 8 heteroatoms. The topological polar surface area (TPSA) is 93.4 Å². The highest BCUT2D eigenvalue weighted by Crippen LogP contribution is 2.25. The third kappa shape index (κ3) is 3.31. The monoisotopic (exact) mass is 317 g/mol. The summed E-state index contributed by atoms with van der Waals surface area (Å²) in [6.45, 7) is 4.55. The summed E-state index contributed by atoms with van der Waals surface area (Å²) in [5.41, 5.74) is 0.540. The Morgan fingerprint density at radius 2 is 2.22 bits per heavy atom. The smallest absolute Gasteiger partial charge is 0.257 e. The average Bonchev–Trinajstić information content (AvgIpc) is 3.00. The Balaban J connectivity index is 1.76. The predicted molar refractivity (Wildman–Crippen MR) is 82.0 cm³/mol. The van der Waals surface area contributed by atoms with Crippen LogP contribution in [0.2, 0.25) is 0 Å². The Morgan fingerprint density at radius 3 is 2.83 bits per heavy atom. The number of rotatable bonds is 3. The van der Waals surface area contributed by atoms with E-state index in [-0.39, 0.29) is 12.0 Å². The number of pyridine rings is 1. The molecular weight excluding hydrogens is 298 g/mol. The second kappa shape index (κ2) is 6.33. The van der Waals surface area contributed by atoms with E-state index in [0.29, 0.717) is 30.4 Å². The summed E-state index contributed by atoms with van der Waals surface area (Å²) < 4.78 is 11.0. The molecule has 1 saturated heterocycles. The first-order valence-electron chi connectivity index (χ1n) is 7.45. The van der Waals surface area contributed by atoms with Gasteiger partial charge in [0.25, 0.3) is 11.8 Å². The predicted octanol–water partition coefficient (Wildman–Crippen LogP) is 1.42. The molecule has 8 nitrogen and oxygen atoms in total. The zero-order valence-electron chi connectivity index (χ0n) is 13.3. The SMILES string of the molecule is CNc1ccc(C(=O)N2C[C@@H](C)O[C@@H](c3nc(C)no3)C2)cn1. The number of amides is 1. The molecule has 0 aliphatic carbocycles. The fraction of sp³-hybridized carbons (Fsp3) is 0.467. The largest absolute Gasteiger partial charge is 0.373 e. The Morgan fingerprint density at radius 1 is 1.39 bits per heavy atom. The third-order valence-corrected chi connectivity index (χ3v) is 3.63. The Hall–Kier alpha value is -2.48. The molecule has 1 N–H and O–H groups in total. The summed E-state index contributed by atoms with van der Waals surface area (Å²) in [6.07, 6.45) is 1.04. The summed E-state index contributed by atoms with van der Waals surface area (Å²) in [6, 6.07) is 3.53. The molecule has 0 saturated carbocycles. The molecule has 122 valence electrons. The molecule has 23 heavy (non-hydrogen) atoms. The summed E-state index contributed by atoms with van der Waals surface area (Å²) in [7, 11) is 1.78. The van der Waals surface area contributed by atoms with Crippen molar-refractivity contribution in [2.45, 2.75) is 26.1 Å². The maximum Gasteiger partial charge on any atom is 0.257 e. The molecule has 2 aromatic rings. The van der Waals surface area contributed by atoms with Gasteiger partial charge in [-0.15, -0.1) is 0 Å². The number of aryl methyl sites for hydroxylation is 1. The molecule has 1 amide bonds. The summed E-state index contributed by atoms with van der Waals surface area (Å²) in [5.74, 6) is 1.58. The van der Waals surface area contributed by atoms with Crippen LogP contribution in [0.25, 0.3) is 0 Å². The van der Waals surface area contributed by atoms with E-state index in [4.69, 9.17) is 9.26 Å². The summed E-state index contributed by atoms with van der Waals surface area (Å²) in [4.78, 5) is 22.8. The zero-order valence-corrected chi connectivity index (χ0v) is 13.3. The number of nitrogens with zero attached hydrogens (tertiary/aromatic N) is 4. The van der Waals surface area contributed by atoms with E-state index in [2.05, 4.69) is 20.4 Å². The average molecular weight is 317 g/mol. The van der Waals surface area contributed by atoms with E-state index in [1.54, 1.807) is 37.2 Å². The first-order valence-corrected chi connectivity index (χ1v) is 7.45. The van der Waals surface area contributed by atoms with E-state index in [0.717, 1.165) is 5.82 Å². The summed E-state index contributed by atoms with van der Waals surface area (Å²) >= 11 is 0. The van der Waals surface area contributed by atoms with Crippen LogP contribution in [0.4, 0.5) is 5.82 Å². The fourth-order valence-corrected chi connectivity index (χ4v) is 2.55. The number of anilines is 1. The van der Waals surface area contributed by atoms with Gasteiger partial charge in [-0.05, 0) is 26.0 Å². The van der Waals surface area contributed by atoms with Crippen LogP contribution in [0.15, 0.2) is 22.9 Å². The van der Waals surface area contributed by atoms with Crippen molar-refractivity contribution in [1.29, 1.82) is 0 Å². The van der Waals surface area contributed by atoms with Gasteiger partial charge in [-0.2, -0.15) is 4.98 Å². The molecule has 0 bridgehead atoms. The molecule has 0 aromatic carbocycles. The van der Waals surface area contributed by atoms with E-state index >= 15 is 0 Å². The van der Waals surface area contributed by atoms with Gasteiger partial charge in [0.15, 0.2) is 11.9 Å².